The van der Waals surface area contributed by atoms with E-state index in [1.54, 1.807) is 23.6 Å². The summed E-state index contributed by atoms with van der Waals surface area (Å²) in [4.78, 5) is 4.33. The number of rotatable bonds is 1. The van der Waals surface area contributed by atoms with Crippen LogP contribution in [0.1, 0.15) is 0 Å². The smallest absolute Gasteiger partial charge is 0.0379 e. The molecule has 4 heteroatoms. The molecule has 0 N–H and O–H groups in total. The molecule has 0 aliphatic heterocycles. The molecule has 0 amide bonds. The molecule has 0 atom stereocenters. The first-order chi connectivity index (χ1) is 7.84. The topological polar surface area (TPSA) is 12.9 Å². The molecule has 0 unspecified atom stereocenters. The number of pyridine rings is 1. The fraction of sp³-hybridized carbons (Fsp3) is 0. The summed E-state index contributed by atoms with van der Waals surface area (Å²) < 4.78 is 14.0. The molecule has 3 rings (SSSR count). The van der Waals surface area contributed by atoms with E-state index in [2.05, 4.69) is 11.1 Å². The maximum atomic E-state index is 12.8. The van der Waals surface area contributed by atoms with Gasteiger partial charge in [0.2, 0.25) is 0 Å². The van der Waals surface area contributed by atoms with Crippen molar-refractivity contribution < 1.29 is 24.5 Å². The number of hydrogen-bond donors (Lipinski definition) is 0. The summed E-state index contributed by atoms with van der Waals surface area (Å²) in [7, 11) is 0. The Hall–Kier alpha value is -1.09. The Bertz CT molecular complexity index is 633. The fourth-order valence-electron chi connectivity index (χ4n) is 1.66. The molecule has 0 aliphatic carbocycles. The number of nitrogens with zero attached hydrogens (tertiary/aromatic N) is 1. The van der Waals surface area contributed by atoms with Crippen LogP contribution in [0.2, 0.25) is 0 Å². The minimum Gasteiger partial charge on any atom is -0.304 e. The van der Waals surface area contributed by atoms with Gasteiger partial charge in [-0.1, -0.05) is 6.07 Å². The van der Waals surface area contributed by atoms with Crippen LogP contribution in [0.4, 0.5) is 4.39 Å². The fourth-order valence-corrected chi connectivity index (χ4v) is 2.44. The van der Waals surface area contributed by atoms with Crippen molar-refractivity contribution in [2.45, 2.75) is 0 Å². The average Bonchev–Trinajstić information content (AvgIpc) is 2.78. The van der Waals surface area contributed by atoms with Gasteiger partial charge in [0.1, 0.15) is 0 Å². The maximum absolute atomic E-state index is 12.8. The van der Waals surface area contributed by atoms with Gasteiger partial charge in [-0.2, -0.15) is 0 Å². The Balaban J connectivity index is 0.00000108. The summed E-state index contributed by atoms with van der Waals surface area (Å²) in [5.41, 5.74) is 1.68. The summed E-state index contributed by atoms with van der Waals surface area (Å²) in [6.07, 6.45) is 1.77. The molecule has 2 aromatic heterocycles. The average molecular weight is 420 g/mol. The van der Waals surface area contributed by atoms with Gasteiger partial charge in [-0.3, -0.25) is 4.39 Å². The van der Waals surface area contributed by atoms with Crippen LogP contribution in [0.5, 0.6) is 0 Å². The first-order valence-corrected chi connectivity index (χ1v) is 5.72. The van der Waals surface area contributed by atoms with E-state index >= 15 is 0 Å². The van der Waals surface area contributed by atoms with E-state index in [1.165, 1.54) is 16.8 Å². The molecule has 1 radical (unpaired) electrons. The number of fused-ring (bicyclic) bond motifs is 1. The van der Waals surface area contributed by atoms with Gasteiger partial charge in [-0.05, 0) is 22.5 Å². The third kappa shape index (κ3) is 2.29. The number of thiophene rings is 1. The Morgan fingerprint density at radius 2 is 2.06 bits per heavy atom. The first kappa shape index (κ1) is 12.4. The SMILES string of the molecule is Fc1c[c-]c(-c2nccc3sccc23)cc1.[Ir]. The monoisotopic (exact) mass is 421 g/mol. The van der Waals surface area contributed by atoms with Crippen molar-refractivity contribution >= 4 is 21.4 Å². The second kappa shape index (κ2) is 5.05. The summed E-state index contributed by atoms with van der Waals surface area (Å²) in [6.45, 7) is 0. The van der Waals surface area contributed by atoms with E-state index in [0.717, 1.165) is 16.6 Å². The molecular weight excluding hydrogens is 413 g/mol. The van der Waals surface area contributed by atoms with Crippen LogP contribution >= 0.6 is 11.3 Å². The van der Waals surface area contributed by atoms with Crippen molar-refractivity contribution in [2.24, 2.45) is 0 Å². The molecule has 0 saturated heterocycles. The van der Waals surface area contributed by atoms with Crippen LogP contribution in [-0.2, 0) is 20.1 Å². The largest absolute Gasteiger partial charge is 0.304 e. The zero-order valence-corrected chi connectivity index (χ0v) is 11.8. The number of aromatic nitrogens is 1. The molecule has 2 heterocycles. The van der Waals surface area contributed by atoms with E-state index in [9.17, 15) is 4.39 Å². The Kier molecular flexibility index (Phi) is 3.67. The van der Waals surface area contributed by atoms with Crippen LogP contribution in [0.3, 0.4) is 0 Å². The molecule has 0 fully saturated rings. The number of halogens is 1. The summed E-state index contributed by atoms with van der Waals surface area (Å²) in [6, 6.07) is 11.4. The minimum absolute atomic E-state index is 0. The molecule has 87 valence electrons. The van der Waals surface area contributed by atoms with Gasteiger partial charge >= 0.3 is 0 Å². The zero-order valence-electron chi connectivity index (χ0n) is 8.61. The third-order valence-electron chi connectivity index (χ3n) is 2.41. The van der Waals surface area contributed by atoms with E-state index in [4.69, 9.17) is 0 Å². The molecule has 17 heavy (non-hydrogen) atoms. The summed E-state index contributed by atoms with van der Waals surface area (Å²) in [5.74, 6) is -0.277. The summed E-state index contributed by atoms with van der Waals surface area (Å²) >= 11 is 1.67. The van der Waals surface area contributed by atoms with E-state index in [1.807, 2.05) is 17.5 Å². The molecule has 1 aromatic carbocycles. The maximum Gasteiger partial charge on any atom is 0.0379 e. The Morgan fingerprint density at radius 3 is 2.82 bits per heavy atom. The van der Waals surface area contributed by atoms with Crippen molar-refractivity contribution in [1.29, 1.82) is 0 Å². The quantitative estimate of drug-likeness (QED) is 0.544. The standard InChI is InChI=1S/C13H7FNS.Ir/c14-10-3-1-9(2-4-10)13-11-6-8-16-12(11)5-7-15-13;/h1,3-8H;/q-1;. The minimum atomic E-state index is -0.277. The number of hydrogen-bond acceptors (Lipinski definition) is 2. The second-order valence-electron chi connectivity index (χ2n) is 3.41. The van der Waals surface area contributed by atoms with E-state index in [-0.39, 0.29) is 25.9 Å². The molecule has 0 aliphatic rings. The van der Waals surface area contributed by atoms with E-state index in [0.29, 0.717) is 0 Å². The Labute approximate surface area is 116 Å². The first-order valence-electron chi connectivity index (χ1n) is 4.84. The van der Waals surface area contributed by atoms with Crippen LogP contribution in [0.25, 0.3) is 21.3 Å². The predicted molar refractivity (Wildman–Crippen MR) is 63.9 cm³/mol. The van der Waals surface area contributed by atoms with Gasteiger partial charge in [0, 0.05) is 36.8 Å². The molecular formula is C13H7FIrNS-. The van der Waals surface area contributed by atoms with Crippen LogP contribution < -0.4 is 0 Å². The normalized spacial score (nSPS) is 10.2. The van der Waals surface area contributed by atoms with Gasteiger partial charge in [0.15, 0.2) is 0 Å². The molecule has 0 spiro atoms. The predicted octanol–water partition coefficient (Wildman–Crippen LogP) is 3.90. The van der Waals surface area contributed by atoms with Crippen molar-refractivity contribution in [3.63, 3.8) is 0 Å². The van der Waals surface area contributed by atoms with Crippen LogP contribution in [-0.4, -0.2) is 4.98 Å². The van der Waals surface area contributed by atoms with Crippen LogP contribution in [0, 0.1) is 11.9 Å². The van der Waals surface area contributed by atoms with Crippen molar-refractivity contribution in [3.8, 4) is 11.3 Å². The van der Waals surface area contributed by atoms with E-state index < -0.39 is 0 Å². The molecule has 0 saturated carbocycles. The Morgan fingerprint density at radius 1 is 1.18 bits per heavy atom. The van der Waals surface area contributed by atoms with Gasteiger partial charge in [-0.15, -0.1) is 41.2 Å². The van der Waals surface area contributed by atoms with Crippen LogP contribution in [0.15, 0.2) is 41.9 Å². The van der Waals surface area contributed by atoms with Gasteiger partial charge in [-0.25, -0.2) is 0 Å². The van der Waals surface area contributed by atoms with Crippen molar-refractivity contribution in [3.05, 3.63) is 53.8 Å². The molecule has 1 nitrogen and oxygen atoms in total. The van der Waals surface area contributed by atoms with Crippen molar-refractivity contribution in [2.75, 3.05) is 0 Å². The molecule has 0 bridgehead atoms. The number of benzene rings is 1. The second-order valence-corrected chi connectivity index (χ2v) is 4.36. The summed E-state index contributed by atoms with van der Waals surface area (Å²) in [5, 5.41) is 3.12. The van der Waals surface area contributed by atoms with Gasteiger partial charge < -0.3 is 4.98 Å². The third-order valence-corrected chi connectivity index (χ3v) is 3.29. The zero-order chi connectivity index (χ0) is 11.0. The van der Waals surface area contributed by atoms with Crippen molar-refractivity contribution in [1.82, 2.24) is 4.98 Å². The van der Waals surface area contributed by atoms with Gasteiger partial charge in [0.25, 0.3) is 0 Å². The van der Waals surface area contributed by atoms with Gasteiger partial charge in [0.05, 0.1) is 0 Å². The molecule has 3 aromatic rings.